The van der Waals surface area contributed by atoms with Crippen molar-refractivity contribution in [3.05, 3.63) is 70.4 Å². The molecular formula is C24H29N3O2. The molecule has 0 fully saturated rings. The van der Waals surface area contributed by atoms with Gasteiger partial charge in [0, 0.05) is 25.8 Å². The first-order chi connectivity index (χ1) is 13.9. The molecule has 29 heavy (non-hydrogen) atoms. The van der Waals surface area contributed by atoms with Crippen LogP contribution in [0.1, 0.15) is 39.2 Å². The fourth-order valence-electron chi connectivity index (χ4n) is 3.32. The van der Waals surface area contributed by atoms with Crippen LogP contribution < -0.4 is 5.32 Å². The van der Waals surface area contributed by atoms with Crippen LogP contribution in [0.2, 0.25) is 0 Å². The number of hydrogen-bond donors (Lipinski definition) is 1. The molecule has 1 N–H and O–H groups in total. The van der Waals surface area contributed by atoms with Gasteiger partial charge < -0.3 is 10.1 Å². The van der Waals surface area contributed by atoms with E-state index in [4.69, 9.17) is 9.84 Å². The van der Waals surface area contributed by atoms with Crippen molar-refractivity contribution in [2.24, 2.45) is 0 Å². The van der Waals surface area contributed by atoms with E-state index in [-0.39, 0.29) is 5.91 Å². The summed E-state index contributed by atoms with van der Waals surface area (Å²) in [4.78, 5) is 12.9. The van der Waals surface area contributed by atoms with Crippen molar-refractivity contribution >= 4 is 5.91 Å². The van der Waals surface area contributed by atoms with Crippen LogP contribution in [-0.2, 0) is 4.74 Å². The molecular weight excluding hydrogens is 362 g/mol. The van der Waals surface area contributed by atoms with Crippen LogP contribution in [0, 0.1) is 27.7 Å². The van der Waals surface area contributed by atoms with E-state index in [9.17, 15) is 4.79 Å². The minimum Gasteiger partial charge on any atom is -0.385 e. The van der Waals surface area contributed by atoms with Crippen molar-refractivity contribution in [2.75, 3.05) is 20.3 Å². The van der Waals surface area contributed by atoms with Crippen LogP contribution in [0.15, 0.2) is 42.5 Å². The van der Waals surface area contributed by atoms with Gasteiger partial charge in [-0.3, -0.25) is 4.79 Å². The van der Waals surface area contributed by atoms with Gasteiger partial charge in [-0.05, 0) is 69.0 Å². The van der Waals surface area contributed by atoms with Gasteiger partial charge in [-0.2, -0.15) is 5.10 Å². The van der Waals surface area contributed by atoms with Gasteiger partial charge in [0.05, 0.1) is 11.4 Å². The third kappa shape index (κ3) is 4.74. The number of amides is 1. The molecule has 1 heterocycles. The van der Waals surface area contributed by atoms with E-state index >= 15 is 0 Å². The summed E-state index contributed by atoms with van der Waals surface area (Å²) in [5.41, 5.74) is 7.93. The SMILES string of the molecule is COCCCNC(=O)c1cc(-c2ccc(C)c(C)c2)nn1-c1ccc(C)cc1C. The molecule has 0 aliphatic heterocycles. The number of hydrogen-bond acceptors (Lipinski definition) is 3. The second kappa shape index (κ2) is 9.05. The maximum atomic E-state index is 12.9. The molecule has 0 unspecified atom stereocenters. The summed E-state index contributed by atoms with van der Waals surface area (Å²) in [6.45, 7) is 9.45. The van der Waals surface area contributed by atoms with Crippen LogP contribution in [-0.4, -0.2) is 35.9 Å². The van der Waals surface area contributed by atoms with E-state index in [1.165, 1.54) is 16.7 Å². The zero-order chi connectivity index (χ0) is 21.0. The number of aromatic nitrogens is 2. The highest BCUT2D eigenvalue weighted by Crippen LogP contribution is 2.25. The van der Waals surface area contributed by atoms with Gasteiger partial charge in [0.25, 0.3) is 5.91 Å². The monoisotopic (exact) mass is 391 g/mol. The van der Waals surface area contributed by atoms with Crippen LogP contribution in [0.5, 0.6) is 0 Å². The molecule has 0 spiro atoms. The Hall–Kier alpha value is -2.92. The highest BCUT2D eigenvalue weighted by molar-refractivity contribution is 5.94. The molecule has 0 aliphatic carbocycles. The number of aryl methyl sites for hydroxylation is 4. The molecule has 0 atom stereocenters. The maximum absolute atomic E-state index is 12.9. The summed E-state index contributed by atoms with van der Waals surface area (Å²) in [7, 11) is 1.66. The second-order valence-electron chi connectivity index (χ2n) is 7.52. The van der Waals surface area contributed by atoms with Crippen LogP contribution in [0.3, 0.4) is 0 Å². The lowest BCUT2D eigenvalue weighted by Gasteiger charge is -2.11. The molecule has 3 aromatic rings. The van der Waals surface area contributed by atoms with Crippen molar-refractivity contribution in [3.63, 3.8) is 0 Å². The molecule has 5 heteroatoms. The maximum Gasteiger partial charge on any atom is 0.270 e. The highest BCUT2D eigenvalue weighted by Gasteiger charge is 2.18. The van der Waals surface area contributed by atoms with Crippen molar-refractivity contribution in [1.82, 2.24) is 15.1 Å². The molecule has 0 aliphatic rings. The van der Waals surface area contributed by atoms with Crippen molar-refractivity contribution in [3.8, 4) is 16.9 Å². The summed E-state index contributed by atoms with van der Waals surface area (Å²) in [5.74, 6) is -0.135. The standard InChI is InChI=1S/C24H29N3O2/c1-16-7-10-22(19(4)13-16)27-23(24(28)25-11-6-12-29-5)15-21(26-27)20-9-8-17(2)18(3)14-20/h7-10,13-15H,6,11-12H2,1-5H3,(H,25,28). The summed E-state index contributed by atoms with van der Waals surface area (Å²) >= 11 is 0. The van der Waals surface area contributed by atoms with Crippen LogP contribution in [0.4, 0.5) is 0 Å². The molecule has 5 nitrogen and oxygen atoms in total. The predicted molar refractivity (Wildman–Crippen MR) is 117 cm³/mol. The topological polar surface area (TPSA) is 56.1 Å². The van der Waals surface area contributed by atoms with E-state index in [0.717, 1.165) is 28.9 Å². The third-order valence-electron chi connectivity index (χ3n) is 5.14. The van der Waals surface area contributed by atoms with Gasteiger partial charge in [0.1, 0.15) is 5.69 Å². The van der Waals surface area contributed by atoms with Crippen molar-refractivity contribution < 1.29 is 9.53 Å². The molecule has 0 saturated heterocycles. The molecule has 0 saturated carbocycles. The predicted octanol–water partition coefficient (Wildman–Crippen LogP) is 4.54. The van der Waals surface area contributed by atoms with E-state index in [0.29, 0.717) is 18.8 Å². The normalized spacial score (nSPS) is 10.9. The Morgan fingerprint density at radius 2 is 1.79 bits per heavy atom. The number of ether oxygens (including phenoxy) is 1. The van der Waals surface area contributed by atoms with E-state index in [2.05, 4.69) is 50.4 Å². The first kappa shape index (κ1) is 20.8. The Bertz CT molecular complexity index is 1020. The average molecular weight is 392 g/mol. The molecule has 1 aromatic heterocycles. The number of carbonyl (C=O) groups is 1. The Balaban J connectivity index is 2.03. The number of benzene rings is 2. The van der Waals surface area contributed by atoms with E-state index < -0.39 is 0 Å². The first-order valence-corrected chi connectivity index (χ1v) is 9.93. The summed E-state index contributed by atoms with van der Waals surface area (Å²) in [6, 6.07) is 14.3. The largest absolute Gasteiger partial charge is 0.385 e. The lowest BCUT2D eigenvalue weighted by molar-refractivity contribution is 0.0941. The van der Waals surface area contributed by atoms with E-state index in [1.54, 1.807) is 11.8 Å². The van der Waals surface area contributed by atoms with Gasteiger partial charge in [-0.1, -0.05) is 29.8 Å². The first-order valence-electron chi connectivity index (χ1n) is 9.93. The number of carbonyl (C=O) groups excluding carboxylic acids is 1. The fourth-order valence-corrected chi connectivity index (χ4v) is 3.32. The molecule has 152 valence electrons. The molecule has 0 radical (unpaired) electrons. The van der Waals surface area contributed by atoms with Gasteiger partial charge in [-0.25, -0.2) is 4.68 Å². The molecule has 2 aromatic carbocycles. The highest BCUT2D eigenvalue weighted by atomic mass is 16.5. The van der Waals surface area contributed by atoms with Gasteiger partial charge in [-0.15, -0.1) is 0 Å². The zero-order valence-electron chi connectivity index (χ0n) is 17.9. The van der Waals surface area contributed by atoms with E-state index in [1.807, 2.05) is 25.1 Å². The Kier molecular flexibility index (Phi) is 6.49. The third-order valence-corrected chi connectivity index (χ3v) is 5.14. The Morgan fingerprint density at radius 1 is 1.00 bits per heavy atom. The lowest BCUT2D eigenvalue weighted by atomic mass is 10.0. The number of nitrogens with zero attached hydrogens (tertiary/aromatic N) is 2. The fraction of sp³-hybridized carbons (Fsp3) is 0.333. The van der Waals surface area contributed by atoms with Crippen LogP contribution in [0.25, 0.3) is 16.9 Å². The Morgan fingerprint density at radius 3 is 2.48 bits per heavy atom. The van der Waals surface area contributed by atoms with Gasteiger partial charge >= 0.3 is 0 Å². The zero-order valence-corrected chi connectivity index (χ0v) is 17.9. The second-order valence-corrected chi connectivity index (χ2v) is 7.52. The summed E-state index contributed by atoms with van der Waals surface area (Å²) < 4.78 is 6.82. The minimum atomic E-state index is -0.135. The average Bonchev–Trinajstić information content (AvgIpc) is 3.12. The van der Waals surface area contributed by atoms with Crippen molar-refractivity contribution in [2.45, 2.75) is 34.1 Å². The minimum absolute atomic E-state index is 0.135. The smallest absolute Gasteiger partial charge is 0.270 e. The quantitative estimate of drug-likeness (QED) is 0.602. The molecule has 3 rings (SSSR count). The summed E-state index contributed by atoms with van der Waals surface area (Å²) in [6.07, 6.45) is 0.768. The lowest BCUT2D eigenvalue weighted by Crippen LogP contribution is -2.27. The van der Waals surface area contributed by atoms with Crippen LogP contribution >= 0.6 is 0 Å². The van der Waals surface area contributed by atoms with Gasteiger partial charge in [0.15, 0.2) is 0 Å². The molecule has 0 bridgehead atoms. The number of rotatable bonds is 7. The molecule has 1 amide bonds. The number of methoxy groups -OCH3 is 1. The van der Waals surface area contributed by atoms with Gasteiger partial charge in [0.2, 0.25) is 0 Å². The van der Waals surface area contributed by atoms with Crippen molar-refractivity contribution in [1.29, 1.82) is 0 Å². The summed E-state index contributed by atoms with van der Waals surface area (Å²) in [5, 5.41) is 7.79. The number of nitrogens with one attached hydrogen (secondary N) is 1. The Labute approximate surface area is 172 Å².